The van der Waals surface area contributed by atoms with Crippen LogP contribution in [0, 0.1) is 0 Å². The summed E-state index contributed by atoms with van der Waals surface area (Å²) in [7, 11) is 0. The summed E-state index contributed by atoms with van der Waals surface area (Å²) >= 11 is 9.29. The second-order valence-corrected chi connectivity index (χ2v) is 4.22. The standard InChI is InChI=1S/C9H8BrClN4/c10-8-2-1-7(3-9(8)11)15-5-6(4-12)13-14-15/h1-3,5H,4,12H2. The molecule has 0 aliphatic rings. The van der Waals surface area contributed by atoms with Crippen molar-refractivity contribution in [1.29, 1.82) is 0 Å². The van der Waals surface area contributed by atoms with Crippen molar-refractivity contribution in [3.63, 3.8) is 0 Å². The van der Waals surface area contributed by atoms with Crippen LogP contribution >= 0.6 is 27.5 Å². The third-order valence-corrected chi connectivity index (χ3v) is 3.15. The first kappa shape index (κ1) is 10.6. The average Bonchev–Trinajstić information content (AvgIpc) is 2.70. The number of rotatable bonds is 2. The number of nitrogens with two attached hydrogens (primary N) is 1. The molecule has 1 aromatic carbocycles. The van der Waals surface area contributed by atoms with Gasteiger partial charge < -0.3 is 5.73 Å². The smallest absolute Gasteiger partial charge is 0.0967 e. The minimum atomic E-state index is 0.379. The summed E-state index contributed by atoms with van der Waals surface area (Å²) in [5.41, 5.74) is 7.05. The van der Waals surface area contributed by atoms with E-state index >= 15 is 0 Å². The van der Waals surface area contributed by atoms with Crippen LogP contribution in [0.1, 0.15) is 5.69 Å². The van der Waals surface area contributed by atoms with Crippen LogP contribution in [-0.4, -0.2) is 15.0 Å². The van der Waals surface area contributed by atoms with Gasteiger partial charge in [-0.25, -0.2) is 4.68 Å². The Morgan fingerprint density at radius 2 is 2.27 bits per heavy atom. The minimum Gasteiger partial charge on any atom is -0.325 e. The molecule has 0 saturated heterocycles. The predicted molar refractivity (Wildman–Crippen MR) is 62.0 cm³/mol. The fourth-order valence-electron chi connectivity index (χ4n) is 1.15. The fourth-order valence-corrected chi connectivity index (χ4v) is 1.57. The number of halogens is 2. The number of hydrogen-bond donors (Lipinski definition) is 1. The largest absolute Gasteiger partial charge is 0.325 e. The van der Waals surface area contributed by atoms with Crippen molar-refractivity contribution in [3.8, 4) is 5.69 Å². The molecule has 0 radical (unpaired) electrons. The average molecular weight is 288 g/mol. The summed E-state index contributed by atoms with van der Waals surface area (Å²) in [6.07, 6.45) is 1.78. The van der Waals surface area contributed by atoms with E-state index in [1.807, 2.05) is 12.1 Å². The highest BCUT2D eigenvalue weighted by atomic mass is 79.9. The van der Waals surface area contributed by atoms with Crippen molar-refractivity contribution >= 4 is 27.5 Å². The summed E-state index contributed by atoms with van der Waals surface area (Å²) < 4.78 is 2.49. The number of aromatic nitrogens is 3. The first-order valence-electron chi connectivity index (χ1n) is 4.27. The maximum Gasteiger partial charge on any atom is 0.0967 e. The van der Waals surface area contributed by atoms with Gasteiger partial charge in [-0.15, -0.1) is 5.10 Å². The summed E-state index contributed by atoms with van der Waals surface area (Å²) in [4.78, 5) is 0. The van der Waals surface area contributed by atoms with Crippen molar-refractivity contribution in [2.45, 2.75) is 6.54 Å². The molecule has 0 aliphatic heterocycles. The van der Waals surface area contributed by atoms with E-state index in [0.29, 0.717) is 11.6 Å². The molecule has 0 unspecified atom stereocenters. The van der Waals surface area contributed by atoms with Gasteiger partial charge in [0, 0.05) is 11.0 Å². The van der Waals surface area contributed by atoms with Crippen LogP contribution in [0.5, 0.6) is 0 Å². The second-order valence-electron chi connectivity index (χ2n) is 2.96. The molecule has 0 bridgehead atoms. The number of benzene rings is 1. The molecular formula is C9H8BrClN4. The first-order chi connectivity index (χ1) is 7.20. The van der Waals surface area contributed by atoms with Crippen molar-refractivity contribution in [3.05, 3.63) is 39.6 Å². The van der Waals surface area contributed by atoms with Crippen LogP contribution < -0.4 is 5.73 Å². The number of hydrogen-bond acceptors (Lipinski definition) is 3. The van der Waals surface area contributed by atoms with Crippen LogP contribution in [0.4, 0.5) is 0 Å². The molecule has 0 saturated carbocycles. The fraction of sp³-hybridized carbons (Fsp3) is 0.111. The molecule has 2 rings (SSSR count). The van der Waals surface area contributed by atoms with Crippen molar-refractivity contribution < 1.29 is 0 Å². The van der Waals surface area contributed by atoms with E-state index in [-0.39, 0.29) is 0 Å². The van der Waals surface area contributed by atoms with Crippen molar-refractivity contribution in [1.82, 2.24) is 15.0 Å². The minimum absolute atomic E-state index is 0.379. The molecule has 0 fully saturated rings. The zero-order chi connectivity index (χ0) is 10.8. The lowest BCUT2D eigenvalue weighted by atomic mass is 10.3. The summed E-state index contributed by atoms with van der Waals surface area (Å²) in [5, 5.41) is 8.47. The summed E-state index contributed by atoms with van der Waals surface area (Å²) in [6, 6.07) is 5.56. The van der Waals surface area contributed by atoms with Gasteiger partial charge in [-0.2, -0.15) is 0 Å². The van der Waals surface area contributed by atoms with Gasteiger partial charge in [0.1, 0.15) is 0 Å². The van der Waals surface area contributed by atoms with E-state index in [1.54, 1.807) is 16.9 Å². The first-order valence-corrected chi connectivity index (χ1v) is 5.44. The molecule has 1 heterocycles. The molecule has 78 valence electrons. The van der Waals surface area contributed by atoms with Gasteiger partial charge in [0.15, 0.2) is 0 Å². The molecule has 1 aromatic heterocycles. The van der Waals surface area contributed by atoms with Crippen molar-refractivity contribution in [2.24, 2.45) is 5.73 Å². The predicted octanol–water partition coefficient (Wildman–Crippen LogP) is 2.14. The van der Waals surface area contributed by atoms with Crippen molar-refractivity contribution in [2.75, 3.05) is 0 Å². The Balaban J connectivity index is 2.40. The number of nitrogens with zero attached hydrogens (tertiary/aromatic N) is 3. The van der Waals surface area contributed by atoms with E-state index in [4.69, 9.17) is 17.3 Å². The Kier molecular flexibility index (Phi) is 3.04. The van der Waals surface area contributed by atoms with E-state index in [0.717, 1.165) is 15.9 Å². The Morgan fingerprint density at radius 1 is 1.47 bits per heavy atom. The zero-order valence-electron chi connectivity index (χ0n) is 7.69. The molecule has 2 N–H and O–H groups in total. The lowest BCUT2D eigenvalue weighted by Crippen LogP contribution is -1.96. The molecule has 2 aromatic rings. The van der Waals surface area contributed by atoms with Gasteiger partial charge in [0.05, 0.1) is 22.6 Å². The van der Waals surface area contributed by atoms with Gasteiger partial charge in [-0.1, -0.05) is 16.8 Å². The van der Waals surface area contributed by atoms with E-state index in [2.05, 4.69) is 26.2 Å². The quantitative estimate of drug-likeness (QED) is 0.920. The van der Waals surface area contributed by atoms with Crippen LogP contribution in [0.25, 0.3) is 5.69 Å². The molecule has 0 spiro atoms. The van der Waals surface area contributed by atoms with Crippen LogP contribution in [0.15, 0.2) is 28.9 Å². The third-order valence-electron chi connectivity index (χ3n) is 1.92. The second kappa shape index (κ2) is 4.30. The van der Waals surface area contributed by atoms with Gasteiger partial charge in [0.2, 0.25) is 0 Å². The Morgan fingerprint density at radius 3 is 2.87 bits per heavy atom. The molecule has 15 heavy (non-hydrogen) atoms. The third kappa shape index (κ3) is 2.19. The van der Waals surface area contributed by atoms with Gasteiger partial charge in [-0.3, -0.25) is 0 Å². The van der Waals surface area contributed by atoms with Crippen LogP contribution in [0.3, 0.4) is 0 Å². The Hall–Kier alpha value is -0.910. The molecule has 0 aliphatic carbocycles. The van der Waals surface area contributed by atoms with E-state index in [9.17, 15) is 0 Å². The van der Waals surface area contributed by atoms with E-state index in [1.165, 1.54) is 0 Å². The molecule has 6 heteroatoms. The van der Waals surface area contributed by atoms with Gasteiger partial charge in [-0.05, 0) is 34.1 Å². The topological polar surface area (TPSA) is 56.7 Å². The van der Waals surface area contributed by atoms with Gasteiger partial charge >= 0.3 is 0 Å². The summed E-state index contributed by atoms with van der Waals surface area (Å²) in [6.45, 7) is 0.379. The zero-order valence-corrected chi connectivity index (χ0v) is 10.0. The Labute approximate surface area is 100 Å². The highest BCUT2D eigenvalue weighted by molar-refractivity contribution is 9.10. The lowest BCUT2D eigenvalue weighted by Gasteiger charge is -2.01. The highest BCUT2D eigenvalue weighted by Crippen LogP contribution is 2.24. The van der Waals surface area contributed by atoms with Gasteiger partial charge in [0.25, 0.3) is 0 Å². The molecule has 0 atom stereocenters. The SMILES string of the molecule is NCc1cn(-c2ccc(Br)c(Cl)c2)nn1. The molecule has 0 amide bonds. The van der Waals surface area contributed by atoms with E-state index < -0.39 is 0 Å². The maximum atomic E-state index is 5.97. The Bertz CT molecular complexity index is 483. The normalized spacial score (nSPS) is 10.6. The molecular weight excluding hydrogens is 279 g/mol. The van der Waals surface area contributed by atoms with Crippen LogP contribution in [0.2, 0.25) is 5.02 Å². The summed E-state index contributed by atoms with van der Waals surface area (Å²) in [5.74, 6) is 0. The lowest BCUT2D eigenvalue weighted by molar-refractivity contribution is 0.796. The van der Waals surface area contributed by atoms with Crippen LogP contribution in [-0.2, 0) is 6.54 Å². The molecule has 4 nitrogen and oxygen atoms in total. The maximum absolute atomic E-state index is 5.97. The monoisotopic (exact) mass is 286 g/mol. The highest BCUT2D eigenvalue weighted by Gasteiger charge is 2.03.